The van der Waals surface area contributed by atoms with Crippen molar-refractivity contribution in [3.63, 3.8) is 0 Å². The van der Waals surface area contributed by atoms with Crippen LogP contribution >= 0.6 is 11.6 Å². The van der Waals surface area contributed by atoms with Gasteiger partial charge in [-0.05, 0) is 53.1 Å². The standard InChI is InChI=1S/C20H16ClN3O2/c21-16-6-2-4-13(10-16)12-3-1-5-14(9-12)19-22-17-8-7-15(20(25)24-26)11-18(17)23-19/h1-11,19,22-23,26H,(H,24,25). The minimum Gasteiger partial charge on any atom is -0.360 e. The Balaban J connectivity index is 1.61. The van der Waals surface area contributed by atoms with Crippen LogP contribution in [0.2, 0.25) is 5.02 Å². The second-order valence-corrected chi connectivity index (χ2v) is 6.50. The van der Waals surface area contributed by atoms with Gasteiger partial charge in [0.15, 0.2) is 0 Å². The van der Waals surface area contributed by atoms with Crippen LogP contribution in [0.5, 0.6) is 0 Å². The van der Waals surface area contributed by atoms with Crippen LogP contribution in [0, 0.1) is 0 Å². The molecule has 4 rings (SSSR count). The third-order valence-corrected chi connectivity index (χ3v) is 4.60. The Labute approximate surface area is 155 Å². The van der Waals surface area contributed by atoms with Crippen molar-refractivity contribution in [2.24, 2.45) is 0 Å². The zero-order chi connectivity index (χ0) is 18.1. The molecule has 0 saturated heterocycles. The fraction of sp³-hybridized carbons (Fsp3) is 0.0500. The first-order valence-corrected chi connectivity index (χ1v) is 8.49. The summed E-state index contributed by atoms with van der Waals surface area (Å²) in [4.78, 5) is 11.6. The molecule has 0 saturated carbocycles. The fourth-order valence-electron chi connectivity index (χ4n) is 3.07. The van der Waals surface area contributed by atoms with E-state index < -0.39 is 5.91 Å². The number of hydroxylamine groups is 1. The van der Waals surface area contributed by atoms with Crippen molar-refractivity contribution in [1.82, 2.24) is 5.48 Å². The van der Waals surface area contributed by atoms with Gasteiger partial charge in [-0.1, -0.05) is 41.9 Å². The van der Waals surface area contributed by atoms with E-state index in [0.717, 1.165) is 28.1 Å². The summed E-state index contributed by atoms with van der Waals surface area (Å²) < 4.78 is 0. The Kier molecular flexibility index (Phi) is 4.24. The van der Waals surface area contributed by atoms with Crippen LogP contribution in [0.1, 0.15) is 22.1 Å². The summed E-state index contributed by atoms with van der Waals surface area (Å²) in [5.41, 5.74) is 6.93. The first-order valence-electron chi connectivity index (χ1n) is 8.11. The average Bonchev–Trinajstić information content (AvgIpc) is 3.11. The maximum atomic E-state index is 11.6. The van der Waals surface area contributed by atoms with E-state index in [2.05, 4.69) is 16.7 Å². The molecule has 0 aliphatic carbocycles. The second kappa shape index (κ2) is 6.71. The summed E-state index contributed by atoms with van der Waals surface area (Å²) in [6.07, 6.45) is -0.114. The van der Waals surface area contributed by atoms with Crippen LogP contribution in [-0.4, -0.2) is 11.1 Å². The van der Waals surface area contributed by atoms with E-state index in [1.807, 2.05) is 48.5 Å². The van der Waals surface area contributed by atoms with Crippen molar-refractivity contribution in [2.45, 2.75) is 6.17 Å². The van der Waals surface area contributed by atoms with Gasteiger partial charge >= 0.3 is 0 Å². The lowest BCUT2D eigenvalue weighted by Gasteiger charge is -2.14. The van der Waals surface area contributed by atoms with E-state index in [4.69, 9.17) is 16.8 Å². The highest BCUT2D eigenvalue weighted by Gasteiger charge is 2.22. The van der Waals surface area contributed by atoms with E-state index >= 15 is 0 Å². The highest BCUT2D eigenvalue weighted by Crippen LogP contribution is 2.36. The zero-order valence-electron chi connectivity index (χ0n) is 13.7. The number of hydrogen-bond acceptors (Lipinski definition) is 4. The van der Waals surface area contributed by atoms with Gasteiger partial charge in [0, 0.05) is 10.6 Å². The second-order valence-electron chi connectivity index (χ2n) is 6.06. The fourth-order valence-corrected chi connectivity index (χ4v) is 3.27. The van der Waals surface area contributed by atoms with E-state index in [1.54, 1.807) is 17.6 Å². The van der Waals surface area contributed by atoms with Gasteiger partial charge in [0.05, 0.1) is 11.4 Å². The third-order valence-electron chi connectivity index (χ3n) is 4.36. The number of hydrogen-bond donors (Lipinski definition) is 4. The van der Waals surface area contributed by atoms with E-state index in [-0.39, 0.29) is 6.17 Å². The number of nitrogens with one attached hydrogen (secondary N) is 3. The van der Waals surface area contributed by atoms with Gasteiger partial charge < -0.3 is 10.6 Å². The van der Waals surface area contributed by atoms with Crippen molar-refractivity contribution in [2.75, 3.05) is 10.6 Å². The number of fused-ring (bicyclic) bond motifs is 1. The Morgan fingerprint density at radius 1 is 0.923 bits per heavy atom. The molecule has 26 heavy (non-hydrogen) atoms. The smallest absolute Gasteiger partial charge is 0.274 e. The molecule has 1 aliphatic rings. The molecule has 1 heterocycles. The van der Waals surface area contributed by atoms with Gasteiger partial charge in [-0.2, -0.15) is 0 Å². The van der Waals surface area contributed by atoms with Gasteiger partial charge in [0.1, 0.15) is 6.17 Å². The number of anilines is 2. The van der Waals surface area contributed by atoms with Crippen LogP contribution < -0.4 is 16.1 Å². The number of carbonyl (C=O) groups excluding carboxylic acids is 1. The van der Waals surface area contributed by atoms with Crippen molar-refractivity contribution < 1.29 is 10.0 Å². The van der Waals surface area contributed by atoms with E-state index in [1.165, 1.54) is 0 Å². The molecule has 0 radical (unpaired) electrons. The van der Waals surface area contributed by atoms with Crippen molar-refractivity contribution in [3.05, 3.63) is 82.9 Å². The third kappa shape index (κ3) is 3.10. The number of rotatable bonds is 3. The molecule has 0 bridgehead atoms. The molecule has 130 valence electrons. The van der Waals surface area contributed by atoms with Crippen molar-refractivity contribution in [3.8, 4) is 11.1 Å². The van der Waals surface area contributed by atoms with E-state index in [0.29, 0.717) is 10.6 Å². The van der Waals surface area contributed by atoms with Gasteiger partial charge in [0.2, 0.25) is 0 Å². The minimum absolute atomic E-state index is 0.114. The lowest BCUT2D eigenvalue weighted by atomic mass is 10.0. The molecule has 1 aliphatic heterocycles. The first-order chi connectivity index (χ1) is 12.6. The summed E-state index contributed by atoms with van der Waals surface area (Å²) in [6, 6.07) is 21.1. The topological polar surface area (TPSA) is 73.4 Å². The minimum atomic E-state index is -0.541. The highest BCUT2D eigenvalue weighted by atomic mass is 35.5. The predicted molar refractivity (Wildman–Crippen MR) is 103 cm³/mol. The maximum Gasteiger partial charge on any atom is 0.274 e. The predicted octanol–water partition coefficient (Wildman–Crippen LogP) is 4.66. The van der Waals surface area contributed by atoms with Crippen molar-refractivity contribution in [1.29, 1.82) is 0 Å². The van der Waals surface area contributed by atoms with Gasteiger partial charge in [-0.25, -0.2) is 5.48 Å². The molecule has 4 N–H and O–H groups in total. The summed E-state index contributed by atoms with van der Waals surface area (Å²) in [6.45, 7) is 0. The Morgan fingerprint density at radius 3 is 2.42 bits per heavy atom. The summed E-state index contributed by atoms with van der Waals surface area (Å²) in [5, 5.41) is 16.2. The van der Waals surface area contributed by atoms with Crippen LogP contribution in [0.4, 0.5) is 11.4 Å². The molecule has 3 aromatic carbocycles. The van der Waals surface area contributed by atoms with Gasteiger partial charge in [-0.15, -0.1) is 0 Å². The number of carbonyl (C=O) groups is 1. The molecule has 0 spiro atoms. The molecular formula is C20H16ClN3O2. The largest absolute Gasteiger partial charge is 0.360 e. The van der Waals surface area contributed by atoms with Crippen LogP contribution in [0.15, 0.2) is 66.7 Å². The molecule has 0 aromatic heterocycles. The normalized spacial score (nSPS) is 14.9. The van der Waals surface area contributed by atoms with Gasteiger partial charge in [-0.3, -0.25) is 10.0 Å². The summed E-state index contributed by atoms with van der Waals surface area (Å²) in [5.74, 6) is -0.541. The Morgan fingerprint density at radius 2 is 1.65 bits per heavy atom. The van der Waals surface area contributed by atoms with Crippen molar-refractivity contribution >= 4 is 28.9 Å². The lowest BCUT2D eigenvalue weighted by Crippen LogP contribution is -2.18. The molecule has 1 amide bonds. The van der Waals surface area contributed by atoms with Crippen LogP contribution in [-0.2, 0) is 0 Å². The maximum absolute atomic E-state index is 11.6. The molecule has 1 unspecified atom stereocenters. The number of benzene rings is 3. The van der Waals surface area contributed by atoms with Gasteiger partial charge in [0.25, 0.3) is 5.91 Å². The number of amides is 1. The first kappa shape index (κ1) is 16.4. The SMILES string of the molecule is O=C(NO)c1ccc2c(c1)NC(c1cccc(-c3cccc(Cl)c3)c1)N2. The average molecular weight is 366 g/mol. The molecule has 6 heteroatoms. The van der Waals surface area contributed by atoms with Crippen LogP contribution in [0.25, 0.3) is 11.1 Å². The summed E-state index contributed by atoms with van der Waals surface area (Å²) in [7, 11) is 0. The highest BCUT2D eigenvalue weighted by molar-refractivity contribution is 6.30. The molecular weight excluding hydrogens is 350 g/mol. The Bertz CT molecular complexity index is 990. The Hall–Kier alpha value is -3.02. The lowest BCUT2D eigenvalue weighted by molar-refractivity contribution is 0.0706. The zero-order valence-corrected chi connectivity index (χ0v) is 14.4. The number of halogens is 1. The van der Waals surface area contributed by atoms with Crippen LogP contribution in [0.3, 0.4) is 0 Å². The molecule has 3 aromatic rings. The quantitative estimate of drug-likeness (QED) is 0.402. The summed E-state index contributed by atoms with van der Waals surface area (Å²) >= 11 is 6.10. The molecule has 0 fully saturated rings. The van der Waals surface area contributed by atoms with E-state index in [9.17, 15) is 4.79 Å². The molecule has 1 atom stereocenters. The monoisotopic (exact) mass is 365 g/mol. The molecule has 5 nitrogen and oxygen atoms in total.